The number of nitrogens with zero attached hydrogens (tertiary/aromatic N) is 4. The summed E-state index contributed by atoms with van der Waals surface area (Å²) in [4.78, 5) is 14.1. The Bertz CT molecular complexity index is 694. The maximum atomic E-state index is 12.4. The number of hydrogen-bond acceptors (Lipinski definition) is 4. The topological polar surface area (TPSA) is 51.0 Å². The number of carbonyl (C=O) groups excluding carboxylic acids is 1. The molecule has 2 rings (SSSR count). The van der Waals surface area contributed by atoms with E-state index in [1.54, 1.807) is 19.0 Å². The van der Waals surface area contributed by atoms with Crippen molar-refractivity contribution in [1.29, 1.82) is 0 Å². The molecule has 1 amide bonds. The average molecular weight is 332 g/mol. The van der Waals surface area contributed by atoms with Crippen molar-refractivity contribution < 1.29 is 4.79 Å². The van der Waals surface area contributed by atoms with Crippen molar-refractivity contribution in [3.8, 4) is 5.69 Å². The molecule has 1 atom stereocenters. The highest BCUT2D eigenvalue weighted by molar-refractivity contribution is 8.00. The van der Waals surface area contributed by atoms with Gasteiger partial charge in [-0.15, -0.1) is 10.2 Å². The molecule has 2 aromatic rings. The second kappa shape index (κ2) is 7.17. The molecular formula is C17H24N4OS. The van der Waals surface area contributed by atoms with Gasteiger partial charge in [-0.2, -0.15) is 0 Å². The summed E-state index contributed by atoms with van der Waals surface area (Å²) in [6.07, 6.45) is 0. The molecule has 0 saturated heterocycles. The van der Waals surface area contributed by atoms with Gasteiger partial charge in [0.2, 0.25) is 5.91 Å². The molecule has 1 aromatic carbocycles. The first-order chi connectivity index (χ1) is 10.8. The Labute approximate surface area is 142 Å². The van der Waals surface area contributed by atoms with Gasteiger partial charge in [0.25, 0.3) is 0 Å². The maximum absolute atomic E-state index is 12.4. The van der Waals surface area contributed by atoms with Crippen molar-refractivity contribution >= 4 is 17.7 Å². The highest BCUT2D eigenvalue weighted by Crippen LogP contribution is 2.30. The minimum atomic E-state index is -0.183. The van der Waals surface area contributed by atoms with Gasteiger partial charge in [-0.3, -0.25) is 9.36 Å². The van der Waals surface area contributed by atoms with Crippen molar-refractivity contribution in [2.75, 3.05) is 14.1 Å². The highest BCUT2D eigenvalue weighted by atomic mass is 32.2. The normalized spacial score (nSPS) is 12.5. The van der Waals surface area contributed by atoms with Gasteiger partial charge < -0.3 is 4.90 Å². The minimum absolute atomic E-state index is 0.0986. The fourth-order valence-electron chi connectivity index (χ4n) is 2.32. The van der Waals surface area contributed by atoms with Crippen LogP contribution in [0.25, 0.3) is 5.69 Å². The molecule has 0 aliphatic carbocycles. The molecule has 0 N–H and O–H groups in total. The van der Waals surface area contributed by atoms with Gasteiger partial charge in [0, 0.05) is 19.8 Å². The largest absolute Gasteiger partial charge is 0.348 e. The van der Waals surface area contributed by atoms with Gasteiger partial charge in [0.15, 0.2) is 5.16 Å². The Morgan fingerprint density at radius 1 is 1.22 bits per heavy atom. The summed E-state index contributed by atoms with van der Waals surface area (Å²) < 4.78 is 2.01. The molecule has 0 aliphatic heterocycles. The van der Waals surface area contributed by atoms with Crippen LogP contribution in [0.1, 0.15) is 25.2 Å². The quantitative estimate of drug-likeness (QED) is 0.790. The fraction of sp³-hybridized carbons (Fsp3) is 0.471. The van der Waals surface area contributed by atoms with E-state index < -0.39 is 0 Å². The molecule has 0 fully saturated rings. The predicted octanol–water partition coefficient (Wildman–Crippen LogP) is 3.09. The molecule has 23 heavy (non-hydrogen) atoms. The van der Waals surface area contributed by atoms with Gasteiger partial charge in [-0.05, 0) is 37.5 Å². The molecule has 0 spiro atoms. The zero-order valence-electron chi connectivity index (χ0n) is 14.6. The zero-order chi connectivity index (χ0) is 17.1. The van der Waals surface area contributed by atoms with Crippen molar-refractivity contribution in [1.82, 2.24) is 19.7 Å². The molecule has 0 bridgehead atoms. The number of hydrogen-bond donors (Lipinski definition) is 0. The third-order valence-electron chi connectivity index (χ3n) is 3.58. The lowest BCUT2D eigenvalue weighted by molar-refractivity contribution is -0.128. The van der Waals surface area contributed by atoms with E-state index in [-0.39, 0.29) is 17.1 Å². The molecular weight excluding hydrogens is 308 g/mol. The third-order valence-corrected chi connectivity index (χ3v) is 5.05. The molecule has 124 valence electrons. The van der Waals surface area contributed by atoms with Gasteiger partial charge in [-0.1, -0.05) is 37.7 Å². The van der Waals surface area contributed by atoms with Crippen molar-refractivity contribution in [3.05, 3.63) is 35.7 Å². The van der Waals surface area contributed by atoms with Crippen LogP contribution in [0.15, 0.2) is 29.4 Å². The van der Waals surface area contributed by atoms with Crippen LogP contribution in [0, 0.1) is 19.8 Å². The van der Waals surface area contributed by atoms with Gasteiger partial charge in [-0.25, -0.2) is 0 Å². The summed E-state index contributed by atoms with van der Waals surface area (Å²) in [7, 11) is 3.57. The maximum Gasteiger partial charge on any atom is 0.235 e. The van der Waals surface area contributed by atoms with E-state index in [9.17, 15) is 4.79 Å². The summed E-state index contributed by atoms with van der Waals surface area (Å²) in [5, 5.41) is 9.07. The van der Waals surface area contributed by atoms with Crippen molar-refractivity contribution in [2.45, 2.75) is 38.1 Å². The van der Waals surface area contributed by atoms with Crippen LogP contribution in [-0.4, -0.2) is 44.9 Å². The highest BCUT2D eigenvalue weighted by Gasteiger charge is 2.27. The Balaban J connectivity index is 2.39. The number of rotatable bonds is 5. The molecule has 5 nitrogen and oxygen atoms in total. The monoisotopic (exact) mass is 332 g/mol. The van der Waals surface area contributed by atoms with E-state index in [4.69, 9.17) is 0 Å². The first-order valence-electron chi connectivity index (χ1n) is 7.68. The van der Waals surface area contributed by atoms with Crippen molar-refractivity contribution in [2.24, 2.45) is 5.92 Å². The lowest BCUT2D eigenvalue weighted by atomic mass is 10.1. The summed E-state index contributed by atoms with van der Waals surface area (Å²) in [5.41, 5.74) is 2.20. The predicted molar refractivity (Wildman–Crippen MR) is 94.0 cm³/mol. The van der Waals surface area contributed by atoms with Crippen LogP contribution < -0.4 is 0 Å². The van der Waals surface area contributed by atoms with Crippen molar-refractivity contribution in [3.63, 3.8) is 0 Å². The molecule has 0 saturated carbocycles. The first kappa shape index (κ1) is 17.5. The number of carbonyl (C=O) groups is 1. The van der Waals surface area contributed by atoms with Crippen LogP contribution in [0.2, 0.25) is 0 Å². The molecule has 0 unspecified atom stereocenters. The summed E-state index contributed by atoms with van der Waals surface area (Å²) in [6.45, 7) is 8.10. The van der Waals surface area contributed by atoms with Gasteiger partial charge in [0.05, 0.1) is 5.25 Å². The van der Waals surface area contributed by atoms with E-state index in [0.717, 1.165) is 16.7 Å². The Kier molecular flexibility index (Phi) is 5.46. The zero-order valence-corrected chi connectivity index (χ0v) is 15.4. The van der Waals surface area contributed by atoms with Gasteiger partial charge in [0.1, 0.15) is 5.82 Å². The Hall–Kier alpha value is -1.82. The smallest absolute Gasteiger partial charge is 0.235 e. The number of aryl methyl sites for hydroxylation is 2. The lowest BCUT2D eigenvalue weighted by Crippen LogP contribution is -2.35. The Morgan fingerprint density at radius 2 is 1.91 bits per heavy atom. The number of thioether (sulfide) groups is 1. The van der Waals surface area contributed by atoms with Crippen LogP contribution in [0.3, 0.4) is 0 Å². The van der Waals surface area contributed by atoms with E-state index in [1.807, 2.05) is 23.6 Å². The number of amides is 1. The van der Waals surface area contributed by atoms with Crippen LogP contribution in [0.5, 0.6) is 0 Å². The summed E-state index contributed by atoms with van der Waals surface area (Å²) in [6, 6.07) is 8.20. The molecule has 0 aliphatic rings. The second-order valence-corrected chi connectivity index (χ2v) is 7.33. The van der Waals surface area contributed by atoms with E-state index in [1.165, 1.54) is 17.3 Å². The lowest BCUT2D eigenvalue weighted by Gasteiger charge is -2.23. The molecule has 0 radical (unpaired) electrons. The van der Waals surface area contributed by atoms with Crippen LogP contribution >= 0.6 is 11.8 Å². The molecule has 6 heteroatoms. The van der Waals surface area contributed by atoms with Gasteiger partial charge >= 0.3 is 0 Å². The first-order valence-corrected chi connectivity index (χ1v) is 8.56. The third kappa shape index (κ3) is 3.93. The van der Waals surface area contributed by atoms with E-state index >= 15 is 0 Å². The second-order valence-electron chi connectivity index (χ2n) is 6.22. The average Bonchev–Trinajstić information content (AvgIpc) is 2.84. The SMILES string of the molecule is Cc1cccc(-n2c(C)nnc2S[C@@H](C(=O)N(C)C)C(C)C)c1. The fourth-order valence-corrected chi connectivity index (χ4v) is 3.57. The van der Waals surface area contributed by atoms with Crippen LogP contribution in [0.4, 0.5) is 0 Å². The van der Waals surface area contributed by atoms with E-state index in [2.05, 4.69) is 43.1 Å². The van der Waals surface area contributed by atoms with Crippen LogP contribution in [-0.2, 0) is 4.79 Å². The number of benzene rings is 1. The van der Waals surface area contributed by atoms with E-state index in [0.29, 0.717) is 0 Å². The molecule has 1 heterocycles. The summed E-state index contributed by atoms with van der Waals surface area (Å²) >= 11 is 1.48. The minimum Gasteiger partial charge on any atom is -0.348 e. The standard InChI is InChI=1S/C17H24N4OS/c1-11(2)15(16(22)20(5)6)23-17-19-18-13(4)21(17)14-9-7-8-12(3)10-14/h7-11,15H,1-6H3/t15-/m1/s1. The summed E-state index contributed by atoms with van der Waals surface area (Å²) in [5.74, 6) is 1.12. The Morgan fingerprint density at radius 3 is 2.48 bits per heavy atom. The molecule has 1 aromatic heterocycles. The number of aromatic nitrogens is 3.